The second-order valence-corrected chi connectivity index (χ2v) is 9.27. The van der Waals surface area contributed by atoms with Crippen molar-refractivity contribution in [3.8, 4) is 11.5 Å². The molecule has 1 aliphatic carbocycles. The molecule has 0 radical (unpaired) electrons. The maximum atomic E-state index is 13.0. The fourth-order valence-corrected chi connectivity index (χ4v) is 3.89. The predicted octanol–water partition coefficient (Wildman–Crippen LogP) is 4.57. The van der Waals surface area contributed by atoms with Crippen LogP contribution in [-0.2, 0) is 4.79 Å². The van der Waals surface area contributed by atoms with Gasteiger partial charge in [-0.05, 0) is 43.7 Å². The smallest absolute Gasteiger partial charge is 0.255 e. The number of ether oxygens (including phenoxy) is 2. The van der Waals surface area contributed by atoms with Gasteiger partial charge in [-0.25, -0.2) is 13.8 Å². The highest BCUT2D eigenvalue weighted by atomic mass is 19.3. The maximum absolute atomic E-state index is 13.0. The van der Waals surface area contributed by atoms with E-state index >= 15 is 0 Å². The molecule has 1 saturated heterocycles. The Bertz CT molecular complexity index is 1010. The molecule has 0 spiro atoms. The first-order valence-electron chi connectivity index (χ1n) is 11.6. The molecule has 1 amide bonds. The van der Waals surface area contributed by atoms with Crippen LogP contribution in [0.25, 0.3) is 0 Å². The molecule has 1 aromatic heterocycles. The van der Waals surface area contributed by atoms with Gasteiger partial charge < -0.3 is 19.7 Å². The molecule has 1 saturated carbocycles. The van der Waals surface area contributed by atoms with Crippen molar-refractivity contribution >= 4 is 11.7 Å². The van der Waals surface area contributed by atoms with Gasteiger partial charge in [0.15, 0.2) is 0 Å². The second-order valence-electron chi connectivity index (χ2n) is 9.27. The zero-order chi connectivity index (χ0) is 24.3. The van der Waals surface area contributed by atoms with Crippen molar-refractivity contribution in [2.45, 2.75) is 44.6 Å². The van der Waals surface area contributed by atoms with Crippen LogP contribution in [0.5, 0.6) is 11.5 Å². The van der Waals surface area contributed by atoms with Crippen LogP contribution in [0, 0.1) is 5.92 Å². The van der Waals surface area contributed by atoms with Crippen LogP contribution in [0.3, 0.4) is 0 Å². The van der Waals surface area contributed by atoms with Crippen molar-refractivity contribution in [1.29, 1.82) is 0 Å². The summed E-state index contributed by atoms with van der Waals surface area (Å²) in [4.78, 5) is 18.8. The summed E-state index contributed by atoms with van der Waals surface area (Å²) in [5.74, 6) is -1.47. The van der Waals surface area contributed by atoms with Gasteiger partial charge in [0.05, 0.1) is 31.2 Å². The molecule has 2 aromatic rings. The van der Waals surface area contributed by atoms with Gasteiger partial charge in [0, 0.05) is 25.9 Å². The van der Waals surface area contributed by atoms with E-state index in [0.717, 1.165) is 35.7 Å². The van der Waals surface area contributed by atoms with E-state index in [1.54, 1.807) is 12.3 Å². The summed E-state index contributed by atoms with van der Waals surface area (Å²) in [5.41, 5.74) is 1.84. The number of carbonyl (C=O) groups excluding carboxylic acids is 1. The Labute approximate surface area is 199 Å². The molecule has 2 heterocycles. The van der Waals surface area contributed by atoms with Gasteiger partial charge in [-0.1, -0.05) is 24.3 Å². The van der Waals surface area contributed by atoms with E-state index < -0.39 is 11.8 Å². The van der Waals surface area contributed by atoms with Crippen LogP contribution in [0.2, 0.25) is 0 Å². The van der Waals surface area contributed by atoms with Crippen molar-refractivity contribution in [1.82, 2.24) is 10.3 Å². The van der Waals surface area contributed by atoms with E-state index in [4.69, 9.17) is 9.47 Å². The van der Waals surface area contributed by atoms with Crippen LogP contribution in [-0.4, -0.2) is 49.2 Å². The lowest BCUT2D eigenvalue weighted by Crippen LogP contribution is -2.29. The quantitative estimate of drug-likeness (QED) is 0.515. The number of nitrogens with zero attached hydrogens (tertiary/aromatic N) is 2. The Morgan fingerprint density at radius 3 is 2.59 bits per heavy atom. The lowest BCUT2D eigenvalue weighted by Gasteiger charge is -2.19. The maximum Gasteiger partial charge on any atom is 0.255 e. The third-order valence-electron chi connectivity index (χ3n) is 6.24. The Balaban J connectivity index is 1.24. The van der Waals surface area contributed by atoms with Gasteiger partial charge in [0.1, 0.15) is 23.4 Å². The number of aromatic nitrogens is 1. The van der Waals surface area contributed by atoms with E-state index in [1.807, 2.05) is 44.2 Å². The van der Waals surface area contributed by atoms with Crippen LogP contribution in [0.15, 0.2) is 54.7 Å². The lowest BCUT2D eigenvalue weighted by atomic mass is 10.0. The molecular weight excluding hydrogens is 440 g/mol. The number of alkyl halides is 2. The zero-order valence-corrected chi connectivity index (χ0v) is 19.6. The van der Waals surface area contributed by atoms with Gasteiger partial charge in [0.2, 0.25) is 5.91 Å². The topological polar surface area (TPSA) is 63.7 Å². The molecule has 1 aromatic carbocycles. The van der Waals surface area contributed by atoms with E-state index in [9.17, 15) is 13.6 Å². The minimum atomic E-state index is -2.57. The summed E-state index contributed by atoms with van der Waals surface area (Å²) in [6, 6.07) is 11.2. The highest BCUT2D eigenvalue weighted by Gasteiger charge is 2.57. The summed E-state index contributed by atoms with van der Waals surface area (Å²) in [6.07, 6.45) is 2.37. The first kappa shape index (κ1) is 24.0. The molecule has 1 N–H and O–H groups in total. The predicted molar refractivity (Wildman–Crippen MR) is 127 cm³/mol. The number of rotatable bonds is 10. The van der Waals surface area contributed by atoms with Crippen molar-refractivity contribution in [3.05, 3.63) is 60.3 Å². The first-order valence-corrected chi connectivity index (χ1v) is 11.6. The zero-order valence-electron chi connectivity index (χ0n) is 19.6. The number of pyridine rings is 1. The first-order chi connectivity index (χ1) is 16.2. The molecule has 2 fully saturated rings. The summed E-state index contributed by atoms with van der Waals surface area (Å²) >= 11 is 0. The standard InChI is InChI=1S/C26H31F2N3O3/c1-17(2)13-30-25(32)18(3)19-4-6-21(7-5-19)34-23-10-11-31(15-23)24-9-8-22(14-29-24)33-16-20-12-26(20,27)28/h4-9,14,18,20,23H,1,10-13,15-16H2,2-3H3,(H,30,32). The second kappa shape index (κ2) is 9.99. The van der Waals surface area contributed by atoms with Crippen LogP contribution >= 0.6 is 0 Å². The number of nitrogens with one attached hydrogen (secondary N) is 1. The largest absolute Gasteiger partial charge is 0.491 e. The summed E-state index contributed by atoms with van der Waals surface area (Å²) in [7, 11) is 0. The monoisotopic (exact) mass is 471 g/mol. The number of benzene rings is 1. The average molecular weight is 472 g/mol. The molecule has 3 atom stereocenters. The SMILES string of the molecule is C=C(C)CNC(=O)C(C)c1ccc(OC2CCN(c3ccc(OCC4CC4(F)F)cn3)C2)cc1. The van der Waals surface area contributed by atoms with Crippen molar-refractivity contribution in [3.63, 3.8) is 0 Å². The molecule has 0 bridgehead atoms. The molecule has 8 heteroatoms. The van der Waals surface area contributed by atoms with Crippen molar-refractivity contribution in [2.24, 2.45) is 5.92 Å². The highest BCUT2D eigenvalue weighted by molar-refractivity contribution is 5.83. The Hall–Kier alpha value is -3.16. The van der Waals surface area contributed by atoms with Gasteiger partial charge >= 0.3 is 0 Å². The molecule has 34 heavy (non-hydrogen) atoms. The normalized spacial score (nSPS) is 21.6. The number of anilines is 1. The Morgan fingerprint density at radius 2 is 1.97 bits per heavy atom. The molecular formula is C26H31F2N3O3. The number of halogens is 2. The minimum Gasteiger partial charge on any atom is -0.491 e. The number of hydrogen-bond donors (Lipinski definition) is 1. The van der Waals surface area contributed by atoms with Gasteiger partial charge in [-0.2, -0.15) is 0 Å². The van der Waals surface area contributed by atoms with Gasteiger partial charge in [-0.15, -0.1) is 0 Å². The van der Waals surface area contributed by atoms with Crippen LogP contribution in [0.4, 0.5) is 14.6 Å². The van der Waals surface area contributed by atoms with E-state index in [0.29, 0.717) is 18.8 Å². The number of carbonyl (C=O) groups is 1. The number of amides is 1. The summed E-state index contributed by atoms with van der Waals surface area (Å²) in [5, 5.41) is 2.88. The molecule has 4 rings (SSSR count). The fourth-order valence-electron chi connectivity index (χ4n) is 3.89. The van der Waals surface area contributed by atoms with Gasteiger partial charge in [0.25, 0.3) is 5.92 Å². The molecule has 6 nitrogen and oxygen atoms in total. The minimum absolute atomic E-state index is 0.0182. The van der Waals surface area contributed by atoms with E-state index in [-0.39, 0.29) is 31.0 Å². The third kappa shape index (κ3) is 6.04. The number of hydrogen-bond acceptors (Lipinski definition) is 5. The van der Waals surface area contributed by atoms with Crippen molar-refractivity contribution in [2.75, 3.05) is 31.1 Å². The molecule has 2 aliphatic rings. The Kier molecular flexibility index (Phi) is 7.05. The fraction of sp³-hybridized carbons (Fsp3) is 0.462. The third-order valence-corrected chi connectivity index (χ3v) is 6.24. The van der Waals surface area contributed by atoms with Crippen LogP contribution in [0.1, 0.15) is 38.2 Å². The van der Waals surface area contributed by atoms with Crippen LogP contribution < -0.4 is 19.7 Å². The summed E-state index contributed by atoms with van der Waals surface area (Å²) < 4.78 is 37.5. The van der Waals surface area contributed by atoms with E-state index in [2.05, 4.69) is 21.8 Å². The molecule has 182 valence electrons. The van der Waals surface area contributed by atoms with E-state index in [1.165, 1.54) is 0 Å². The average Bonchev–Trinajstić information content (AvgIpc) is 3.19. The highest BCUT2D eigenvalue weighted by Crippen LogP contribution is 2.48. The lowest BCUT2D eigenvalue weighted by molar-refractivity contribution is -0.122. The molecule has 1 aliphatic heterocycles. The summed E-state index contributed by atoms with van der Waals surface area (Å²) in [6.45, 7) is 9.56. The Morgan fingerprint density at radius 1 is 1.26 bits per heavy atom. The molecule has 3 unspecified atom stereocenters. The van der Waals surface area contributed by atoms with Crippen molar-refractivity contribution < 1.29 is 23.0 Å². The van der Waals surface area contributed by atoms with Gasteiger partial charge in [-0.3, -0.25) is 4.79 Å².